The van der Waals surface area contributed by atoms with Crippen molar-refractivity contribution in [3.05, 3.63) is 35.4 Å². The second-order valence-electron chi connectivity index (χ2n) is 7.51. The van der Waals surface area contributed by atoms with E-state index >= 15 is 0 Å². The summed E-state index contributed by atoms with van der Waals surface area (Å²) in [5, 5.41) is 12.0. The Hall–Kier alpha value is -2.86. The summed E-state index contributed by atoms with van der Waals surface area (Å²) in [6.45, 7) is -0.373. The molecule has 2 atom stereocenters. The fourth-order valence-corrected chi connectivity index (χ4v) is 4.21. The zero-order chi connectivity index (χ0) is 24.5. The SMILES string of the molecule is CNC(=O)[C@H]1CN(c2cc(F)c(C3=CCN(C(=O)[C@H](O)CP(=O)(O)O)CC3)c(F)c2)C(=O)O1. The summed E-state index contributed by atoms with van der Waals surface area (Å²) in [4.78, 5) is 55.7. The fourth-order valence-electron chi connectivity index (χ4n) is 3.60. The summed E-state index contributed by atoms with van der Waals surface area (Å²) in [5.74, 6) is -3.38. The van der Waals surface area contributed by atoms with Crippen LogP contribution in [0.3, 0.4) is 0 Å². The number of halogens is 2. The molecule has 180 valence electrons. The first-order chi connectivity index (χ1) is 15.4. The lowest BCUT2D eigenvalue weighted by Gasteiger charge is -2.29. The van der Waals surface area contributed by atoms with Gasteiger partial charge in [-0.1, -0.05) is 6.08 Å². The van der Waals surface area contributed by atoms with Crippen LogP contribution in [-0.4, -0.2) is 82.8 Å². The molecule has 0 bridgehead atoms. The number of carbonyl (C=O) groups excluding carboxylic acids is 3. The highest BCUT2D eigenvalue weighted by atomic mass is 31.2. The van der Waals surface area contributed by atoms with E-state index < -0.39 is 55.5 Å². The maximum absolute atomic E-state index is 14.8. The molecule has 4 N–H and O–H groups in total. The van der Waals surface area contributed by atoms with Crippen LogP contribution in [0.25, 0.3) is 5.57 Å². The smallest absolute Gasteiger partial charge is 0.415 e. The van der Waals surface area contributed by atoms with Gasteiger partial charge in [0.15, 0.2) is 6.10 Å². The van der Waals surface area contributed by atoms with E-state index in [1.165, 1.54) is 13.1 Å². The quantitative estimate of drug-likeness (QED) is 0.413. The molecule has 1 fully saturated rings. The minimum absolute atomic E-state index is 0.0199. The number of carbonyl (C=O) groups is 3. The highest BCUT2D eigenvalue weighted by molar-refractivity contribution is 7.51. The van der Waals surface area contributed by atoms with E-state index in [9.17, 15) is 32.8 Å². The van der Waals surface area contributed by atoms with Crippen LogP contribution in [-0.2, 0) is 18.9 Å². The molecule has 1 aromatic carbocycles. The van der Waals surface area contributed by atoms with E-state index in [0.29, 0.717) is 0 Å². The van der Waals surface area contributed by atoms with Crippen LogP contribution in [0.15, 0.2) is 18.2 Å². The minimum atomic E-state index is -4.60. The van der Waals surface area contributed by atoms with Gasteiger partial charge >= 0.3 is 13.7 Å². The number of hydrogen-bond acceptors (Lipinski definition) is 6. The van der Waals surface area contributed by atoms with Crippen molar-refractivity contribution in [1.29, 1.82) is 0 Å². The van der Waals surface area contributed by atoms with Gasteiger partial charge in [-0.3, -0.25) is 19.1 Å². The highest BCUT2D eigenvalue weighted by Crippen LogP contribution is 2.36. The van der Waals surface area contributed by atoms with E-state index in [2.05, 4.69) is 5.32 Å². The van der Waals surface area contributed by atoms with Crippen molar-refractivity contribution < 1.29 is 47.4 Å². The largest absolute Gasteiger partial charge is 0.434 e. The number of amides is 3. The van der Waals surface area contributed by atoms with Gasteiger partial charge in [-0.2, -0.15) is 0 Å². The molecular weight excluding hydrogens is 467 g/mol. The number of aliphatic hydroxyl groups is 1. The summed E-state index contributed by atoms with van der Waals surface area (Å²) >= 11 is 0. The van der Waals surface area contributed by atoms with Crippen molar-refractivity contribution in [3.8, 4) is 0 Å². The van der Waals surface area contributed by atoms with Crippen molar-refractivity contribution in [2.75, 3.05) is 37.7 Å². The van der Waals surface area contributed by atoms with Crippen LogP contribution < -0.4 is 10.2 Å². The Kier molecular flexibility index (Phi) is 7.17. The molecule has 3 rings (SSSR count). The first kappa shape index (κ1) is 24.8. The lowest BCUT2D eigenvalue weighted by Crippen LogP contribution is -2.42. The van der Waals surface area contributed by atoms with Crippen LogP contribution in [0.2, 0.25) is 0 Å². The van der Waals surface area contributed by atoms with E-state index in [0.717, 1.165) is 21.9 Å². The molecule has 1 aromatic rings. The number of cyclic esters (lactones) is 1. The number of likely N-dealkylation sites (N-methyl/N-ethyl adjacent to an activating group) is 1. The molecule has 0 spiro atoms. The Bertz CT molecular complexity index is 1040. The van der Waals surface area contributed by atoms with Crippen molar-refractivity contribution in [2.24, 2.45) is 0 Å². The normalized spacial score (nSPS) is 19.8. The average Bonchev–Trinajstić information content (AvgIpc) is 3.13. The molecular formula is C19H22F2N3O8P. The second-order valence-corrected chi connectivity index (χ2v) is 9.20. The molecule has 11 nitrogen and oxygen atoms in total. The minimum Gasteiger partial charge on any atom is -0.434 e. The third-order valence-corrected chi connectivity index (χ3v) is 6.05. The Balaban J connectivity index is 1.75. The van der Waals surface area contributed by atoms with Gasteiger partial charge in [-0.15, -0.1) is 0 Å². The summed E-state index contributed by atoms with van der Waals surface area (Å²) in [5.41, 5.74) is -0.228. The summed E-state index contributed by atoms with van der Waals surface area (Å²) in [7, 11) is -3.24. The Labute approximate surface area is 186 Å². The fraction of sp³-hybridized carbons (Fsp3) is 0.421. The predicted molar refractivity (Wildman–Crippen MR) is 110 cm³/mol. The van der Waals surface area contributed by atoms with Crippen LogP contribution in [0.1, 0.15) is 12.0 Å². The van der Waals surface area contributed by atoms with Crippen molar-refractivity contribution in [1.82, 2.24) is 10.2 Å². The van der Waals surface area contributed by atoms with Crippen molar-refractivity contribution in [2.45, 2.75) is 18.6 Å². The number of benzene rings is 1. The maximum Gasteiger partial charge on any atom is 0.415 e. The third kappa shape index (κ3) is 5.56. The number of hydrogen-bond donors (Lipinski definition) is 4. The molecule has 0 unspecified atom stereocenters. The molecule has 0 aromatic heterocycles. The van der Waals surface area contributed by atoms with Gasteiger partial charge in [0.2, 0.25) is 0 Å². The van der Waals surface area contributed by atoms with Gasteiger partial charge in [-0.25, -0.2) is 13.6 Å². The number of aliphatic hydroxyl groups excluding tert-OH is 1. The van der Waals surface area contributed by atoms with Gasteiger partial charge in [0.05, 0.1) is 18.4 Å². The summed E-state index contributed by atoms with van der Waals surface area (Å²) < 4.78 is 45.5. The number of anilines is 1. The van der Waals surface area contributed by atoms with Crippen molar-refractivity contribution >= 4 is 36.8 Å². The Morgan fingerprint density at radius 3 is 2.45 bits per heavy atom. The molecule has 3 amide bonds. The average molecular weight is 489 g/mol. The monoisotopic (exact) mass is 489 g/mol. The number of ether oxygens (including phenoxy) is 1. The molecule has 1 saturated heterocycles. The Morgan fingerprint density at radius 1 is 1.30 bits per heavy atom. The van der Waals surface area contributed by atoms with Gasteiger partial charge in [0.1, 0.15) is 17.7 Å². The molecule has 0 aliphatic carbocycles. The number of nitrogens with zero attached hydrogens (tertiary/aromatic N) is 2. The standard InChI is InChI=1S/C19H22F2N3O8P/c1-22-17(26)15-8-24(19(28)32-15)11-6-12(20)16(13(21)7-11)10-2-4-23(5-3-10)18(27)14(25)9-33(29,30)31/h2,6-7,14-15,25H,3-5,8-9H2,1H3,(H,22,26)(H2,29,30,31)/t14-,15-/m1/s1. The highest BCUT2D eigenvalue weighted by Gasteiger charge is 2.37. The second kappa shape index (κ2) is 9.56. The van der Waals surface area contributed by atoms with E-state index in [1.54, 1.807) is 0 Å². The van der Waals surface area contributed by atoms with E-state index in [4.69, 9.17) is 14.5 Å². The number of rotatable bonds is 6. The molecule has 0 radical (unpaired) electrons. The first-order valence-electron chi connectivity index (χ1n) is 9.81. The summed E-state index contributed by atoms with van der Waals surface area (Å²) in [6.07, 6.45) is -3.56. The van der Waals surface area contributed by atoms with Crippen LogP contribution in [0.4, 0.5) is 19.3 Å². The Morgan fingerprint density at radius 2 is 1.94 bits per heavy atom. The van der Waals surface area contributed by atoms with Gasteiger partial charge in [-0.05, 0) is 24.1 Å². The van der Waals surface area contributed by atoms with E-state index in [-0.39, 0.29) is 42.9 Å². The van der Waals surface area contributed by atoms with Crippen LogP contribution in [0, 0.1) is 11.6 Å². The third-order valence-electron chi connectivity index (χ3n) is 5.23. The number of nitrogens with one attached hydrogen (secondary N) is 1. The van der Waals surface area contributed by atoms with Crippen LogP contribution in [0.5, 0.6) is 0 Å². The predicted octanol–water partition coefficient (Wildman–Crippen LogP) is 0.190. The zero-order valence-electron chi connectivity index (χ0n) is 17.4. The molecule has 2 aliphatic heterocycles. The molecule has 14 heteroatoms. The van der Waals surface area contributed by atoms with Gasteiger partial charge in [0.25, 0.3) is 11.8 Å². The molecule has 33 heavy (non-hydrogen) atoms. The van der Waals surface area contributed by atoms with E-state index in [1.807, 2.05) is 0 Å². The topological polar surface area (TPSA) is 157 Å². The summed E-state index contributed by atoms with van der Waals surface area (Å²) in [6, 6.07) is 1.88. The molecule has 2 heterocycles. The zero-order valence-corrected chi connectivity index (χ0v) is 18.3. The van der Waals surface area contributed by atoms with Crippen molar-refractivity contribution in [3.63, 3.8) is 0 Å². The molecule has 0 saturated carbocycles. The van der Waals surface area contributed by atoms with Crippen LogP contribution >= 0.6 is 7.60 Å². The van der Waals surface area contributed by atoms with Gasteiger partial charge < -0.3 is 29.8 Å². The lowest BCUT2D eigenvalue weighted by molar-refractivity contribution is -0.138. The first-order valence-corrected chi connectivity index (χ1v) is 11.6. The van der Waals surface area contributed by atoms with Gasteiger partial charge in [0, 0.05) is 25.7 Å². The maximum atomic E-state index is 14.8. The lowest BCUT2D eigenvalue weighted by atomic mass is 9.97. The molecule has 2 aliphatic rings.